The van der Waals surface area contributed by atoms with Gasteiger partial charge in [-0.2, -0.15) is 0 Å². The summed E-state index contributed by atoms with van der Waals surface area (Å²) in [4.78, 5) is 14.0. The van der Waals surface area contributed by atoms with E-state index in [0.717, 1.165) is 12.1 Å². The molecular weight excluding hydrogens is 326 g/mol. The van der Waals surface area contributed by atoms with Gasteiger partial charge in [-0.15, -0.1) is 0 Å². The number of hydrogen-bond acceptors (Lipinski definition) is 3. The first-order valence-corrected chi connectivity index (χ1v) is 8.99. The normalized spacial score (nSPS) is 20.5. The number of carbonyl (C=O) groups excluding carboxylic acids is 1. The first-order valence-electron chi connectivity index (χ1n) is 8.61. The van der Waals surface area contributed by atoms with Crippen LogP contribution >= 0.6 is 11.6 Å². The number of carbonyl (C=O) groups is 1. The van der Waals surface area contributed by atoms with Gasteiger partial charge in [-0.1, -0.05) is 37.4 Å². The van der Waals surface area contributed by atoms with Crippen molar-refractivity contribution in [3.05, 3.63) is 23.2 Å². The second-order valence-electron chi connectivity index (χ2n) is 6.58. The number of hydrogen-bond donors (Lipinski definition) is 2. The number of halogens is 1. The lowest BCUT2D eigenvalue weighted by Gasteiger charge is -2.28. The number of nitrogens with one attached hydrogen (secondary N) is 2. The molecule has 5 nitrogen and oxygen atoms in total. The van der Waals surface area contributed by atoms with Gasteiger partial charge >= 0.3 is 6.03 Å². The van der Waals surface area contributed by atoms with Crippen molar-refractivity contribution >= 4 is 29.0 Å². The molecule has 0 heterocycles. The van der Waals surface area contributed by atoms with E-state index in [2.05, 4.69) is 17.6 Å². The van der Waals surface area contributed by atoms with Crippen LogP contribution in [0, 0.1) is 5.92 Å². The molecule has 2 N–H and O–H groups in total. The van der Waals surface area contributed by atoms with Gasteiger partial charge in [-0.05, 0) is 30.9 Å². The Morgan fingerprint density at radius 2 is 2.08 bits per heavy atom. The Bertz CT molecular complexity index is 551. The Labute approximate surface area is 149 Å². The molecule has 2 unspecified atom stereocenters. The van der Waals surface area contributed by atoms with Crippen LogP contribution in [0.3, 0.4) is 0 Å². The van der Waals surface area contributed by atoms with Gasteiger partial charge in [-0.3, -0.25) is 0 Å². The zero-order chi connectivity index (χ0) is 17.5. The van der Waals surface area contributed by atoms with Crippen LogP contribution in [0.5, 0.6) is 0 Å². The van der Waals surface area contributed by atoms with Crippen molar-refractivity contribution in [2.45, 2.75) is 38.7 Å². The third-order valence-corrected chi connectivity index (χ3v) is 4.74. The summed E-state index contributed by atoms with van der Waals surface area (Å²) >= 11 is 6.20. The highest BCUT2D eigenvalue weighted by atomic mass is 35.5. The Kier molecular flexibility index (Phi) is 7.18. The first kappa shape index (κ1) is 18.9. The molecule has 1 aromatic carbocycles. The van der Waals surface area contributed by atoms with Crippen LogP contribution in [-0.2, 0) is 4.74 Å². The Balaban J connectivity index is 1.77. The second-order valence-corrected chi connectivity index (χ2v) is 6.99. The maximum atomic E-state index is 12.1. The highest BCUT2D eigenvalue weighted by Crippen LogP contribution is 2.32. The second kappa shape index (κ2) is 9.14. The standard InChI is InChI=1S/C18H28ClN3O2/c1-13-7-4-5-10-16(13)24-12-11-20-18(23)21-15-9-6-8-14(19)17(15)22(2)3/h6,8-9,13,16H,4-5,7,10-12H2,1-3H3,(H2,20,21,23). The summed E-state index contributed by atoms with van der Waals surface area (Å²) in [6.07, 6.45) is 5.24. The molecule has 134 valence electrons. The van der Waals surface area contributed by atoms with Crippen LogP contribution in [0.2, 0.25) is 5.02 Å². The van der Waals surface area contributed by atoms with Gasteiger partial charge in [0.05, 0.1) is 29.1 Å². The number of nitrogens with zero attached hydrogens (tertiary/aromatic N) is 1. The van der Waals surface area contributed by atoms with Gasteiger partial charge in [0.25, 0.3) is 0 Å². The Morgan fingerprint density at radius 3 is 2.79 bits per heavy atom. The van der Waals surface area contributed by atoms with Crippen LogP contribution in [0.4, 0.5) is 16.2 Å². The largest absolute Gasteiger partial charge is 0.376 e. The van der Waals surface area contributed by atoms with Crippen molar-refractivity contribution in [1.29, 1.82) is 0 Å². The minimum atomic E-state index is -0.249. The molecule has 6 heteroatoms. The first-order chi connectivity index (χ1) is 11.5. The summed E-state index contributed by atoms with van der Waals surface area (Å²) in [6, 6.07) is 5.21. The third kappa shape index (κ3) is 5.28. The van der Waals surface area contributed by atoms with E-state index in [1.54, 1.807) is 6.07 Å². The molecule has 1 aromatic rings. The number of para-hydroxylation sites is 1. The van der Waals surface area contributed by atoms with E-state index in [9.17, 15) is 4.79 Å². The van der Waals surface area contributed by atoms with Crippen LogP contribution in [-0.4, -0.2) is 39.4 Å². The van der Waals surface area contributed by atoms with Gasteiger partial charge < -0.3 is 20.3 Å². The number of anilines is 2. The van der Waals surface area contributed by atoms with Crippen LogP contribution in [0.25, 0.3) is 0 Å². The van der Waals surface area contributed by atoms with E-state index in [4.69, 9.17) is 16.3 Å². The molecule has 0 aromatic heterocycles. The molecule has 2 atom stereocenters. The van der Waals surface area contributed by atoms with Gasteiger partial charge in [-0.25, -0.2) is 4.79 Å². The average molecular weight is 354 g/mol. The van der Waals surface area contributed by atoms with E-state index in [1.165, 1.54) is 19.3 Å². The molecule has 1 fully saturated rings. The molecule has 0 aliphatic heterocycles. The van der Waals surface area contributed by atoms with Crippen LogP contribution in [0.1, 0.15) is 32.6 Å². The van der Waals surface area contributed by atoms with Gasteiger partial charge in [0.1, 0.15) is 0 Å². The molecule has 24 heavy (non-hydrogen) atoms. The van der Waals surface area contributed by atoms with Crippen LogP contribution < -0.4 is 15.5 Å². The number of rotatable bonds is 6. The maximum Gasteiger partial charge on any atom is 0.319 e. The molecule has 2 rings (SSSR count). The predicted octanol–water partition coefficient (Wildman–Crippen LogP) is 4.12. The summed E-state index contributed by atoms with van der Waals surface area (Å²) in [5, 5.41) is 6.29. The van der Waals surface area contributed by atoms with Crippen molar-refractivity contribution in [3.8, 4) is 0 Å². The Hall–Kier alpha value is -1.46. The molecule has 0 saturated heterocycles. The number of ether oxygens (including phenoxy) is 1. The molecule has 2 amide bonds. The minimum absolute atomic E-state index is 0.249. The molecule has 1 aliphatic carbocycles. The minimum Gasteiger partial charge on any atom is -0.376 e. The van der Waals surface area contributed by atoms with Crippen molar-refractivity contribution in [1.82, 2.24) is 5.32 Å². The van der Waals surface area contributed by atoms with Crippen molar-refractivity contribution in [2.24, 2.45) is 5.92 Å². The van der Waals surface area contributed by atoms with Crippen molar-refractivity contribution in [2.75, 3.05) is 37.5 Å². The lowest BCUT2D eigenvalue weighted by molar-refractivity contribution is -0.00232. The topological polar surface area (TPSA) is 53.6 Å². The number of urea groups is 1. The van der Waals surface area contributed by atoms with Gasteiger partial charge in [0, 0.05) is 20.6 Å². The summed E-state index contributed by atoms with van der Waals surface area (Å²) in [5.74, 6) is 0.613. The summed E-state index contributed by atoms with van der Waals surface area (Å²) < 4.78 is 5.91. The van der Waals surface area contributed by atoms with E-state index in [1.807, 2.05) is 31.1 Å². The lowest BCUT2D eigenvalue weighted by Crippen LogP contribution is -2.34. The fourth-order valence-corrected chi connectivity index (χ4v) is 3.49. The monoisotopic (exact) mass is 353 g/mol. The van der Waals surface area contributed by atoms with E-state index in [0.29, 0.717) is 35.9 Å². The Morgan fingerprint density at radius 1 is 1.33 bits per heavy atom. The predicted molar refractivity (Wildman–Crippen MR) is 100 cm³/mol. The molecule has 0 radical (unpaired) electrons. The van der Waals surface area contributed by atoms with Crippen molar-refractivity contribution < 1.29 is 9.53 Å². The summed E-state index contributed by atoms with van der Waals surface area (Å²) in [7, 11) is 3.78. The van der Waals surface area contributed by atoms with Gasteiger partial charge in [0.2, 0.25) is 0 Å². The van der Waals surface area contributed by atoms with Gasteiger partial charge in [0.15, 0.2) is 0 Å². The van der Waals surface area contributed by atoms with E-state index in [-0.39, 0.29) is 6.03 Å². The maximum absolute atomic E-state index is 12.1. The number of amides is 2. The summed E-state index contributed by atoms with van der Waals surface area (Å²) in [6.45, 7) is 3.28. The summed E-state index contributed by atoms with van der Waals surface area (Å²) in [5.41, 5.74) is 1.48. The zero-order valence-electron chi connectivity index (χ0n) is 14.8. The highest BCUT2D eigenvalue weighted by Gasteiger charge is 2.21. The molecule has 1 aliphatic rings. The zero-order valence-corrected chi connectivity index (χ0v) is 15.5. The third-order valence-electron chi connectivity index (χ3n) is 4.43. The van der Waals surface area contributed by atoms with Crippen molar-refractivity contribution in [3.63, 3.8) is 0 Å². The molecule has 0 bridgehead atoms. The lowest BCUT2D eigenvalue weighted by atomic mass is 9.88. The van der Waals surface area contributed by atoms with E-state index < -0.39 is 0 Å². The molecule has 1 saturated carbocycles. The average Bonchev–Trinajstić information content (AvgIpc) is 2.53. The van der Waals surface area contributed by atoms with Crippen LogP contribution in [0.15, 0.2) is 18.2 Å². The molecular formula is C18H28ClN3O2. The fraction of sp³-hybridized carbons (Fsp3) is 0.611. The molecule has 0 spiro atoms. The number of benzene rings is 1. The highest BCUT2D eigenvalue weighted by molar-refractivity contribution is 6.34. The fourth-order valence-electron chi connectivity index (χ4n) is 3.14. The quantitative estimate of drug-likeness (QED) is 0.756. The van der Waals surface area contributed by atoms with E-state index >= 15 is 0 Å². The smallest absolute Gasteiger partial charge is 0.319 e. The SMILES string of the molecule is CC1CCCCC1OCCNC(=O)Nc1cccc(Cl)c1N(C)C.